The molecule has 0 radical (unpaired) electrons. The van der Waals surface area contributed by atoms with Crippen molar-refractivity contribution in [2.75, 3.05) is 0 Å². The van der Waals surface area contributed by atoms with E-state index in [-0.39, 0.29) is 11.1 Å². The van der Waals surface area contributed by atoms with Crippen molar-refractivity contribution in [1.29, 1.82) is 0 Å². The number of rotatable bonds is 3. The molecule has 0 N–H and O–H groups in total. The molecule has 0 bridgehead atoms. The lowest BCUT2D eigenvalue weighted by Crippen LogP contribution is -2.22. The van der Waals surface area contributed by atoms with E-state index in [1.165, 1.54) is 28.8 Å². The summed E-state index contributed by atoms with van der Waals surface area (Å²) in [6.07, 6.45) is 8.10. The van der Waals surface area contributed by atoms with Gasteiger partial charge in [0, 0.05) is 21.7 Å². The zero-order chi connectivity index (χ0) is 22.2. The Kier molecular flexibility index (Phi) is 5.33. The molecule has 2 aromatic carbocycles. The van der Waals surface area contributed by atoms with E-state index in [1.807, 2.05) is 30.4 Å². The van der Waals surface area contributed by atoms with Gasteiger partial charge >= 0.3 is 5.56 Å². The standard InChI is InChI=1S/C24H15Cl2FN4O/c25-17-7-1-14(2-8-17)20-13-28-31-23(21(20)15-3-9-18(26)10-4-15)30-29-22(24(31)32)16-5-11-19(27)12-6-16/h1-9,11-13,18H,10H2. The van der Waals surface area contributed by atoms with Gasteiger partial charge in [0.1, 0.15) is 5.82 Å². The minimum absolute atomic E-state index is 0.0918. The monoisotopic (exact) mass is 464 g/mol. The predicted octanol–water partition coefficient (Wildman–Crippen LogP) is 5.56. The van der Waals surface area contributed by atoms with Gasteiger partial charge in [-0.1, -0.05) is 42.0 Å². The fraction of sp³-hybridized carbons (Fsp3) is 0.0833. The van der Waals surface area contributed by atoms with E-state index < -0.39 is 11.4 Å². The largest absolute Gasteiger partial charge is 0.301 e. The Labute approximate surface area is 192 Å². The van der Waals surface area contributed by atoms with Crippen molar-refractivity contribution < 1.29 is 4.39 Å². The maximum atomic E-state index is 13.3. The first kappa shape index (κ1) is 20.5. The molecule has 5 nitrogen and oxygen atoms in total. The molecule has 0 spiro atoms. The Bertz CT molecular complexity index is 1440. The molecule has 158 valence electrons. The summed E-state index contributed by atoms with van der Waals surface area (Å²) in [4.78, 5) is 13.2. The second-order valence-corrected chi connectivity index (χ2v) is 8.30. The van der Waals surface area contributed by atoms with Gasteiger partial charge in [-0.2, -0.15) is 9.61 Å². The Morgan fingerprint density at radius 1 is 1.00 bits per heavy atom. The molecule has 1 atom stereocenters. The highest BCUT2D eigenvalue weighted by atomic mass is 35.5. The van der Waals surface area contributed by atoms with Crippen LogP contribution in [0.5, 0.6) is 0 Å². The summed E-state index contributed by atoms with van der Waals surface area (Å²) in [6, 6.07) is 12.9. The Morgan fingerprint density at radius 3 is 2.41 bits per heavy atom. The van der Waals surface area contributed by atoms with E-state index in [2.05, 4.69) is 15.3 Å². The van der Waals surface area contributed by atoms with E-state index in [9.17, 15) is 9.18 Å². The minimum Gasteiger partial charge on any atom is -0.265 e. The fourth-order valence-corrected chi connectivity index (χ4v) is 3.93. The molecule has 0 saturated carbocycles. The molecule has 1 unspecified atom stereocenters. The first-order valence-corrected chi connectivity index (χ1v) is 10.7. The van der Waals surface area contributed by atoms with Crippen molar-refractivity contribution in [2.24, 2.45) is 0 Å². The van der Waals surface area contributed by atoms with Crippen molar-refractivity contribution in [2.45, 2.75) is 11.8 Å². The molecule has 1 aliphatic carbocycles. The lowest BCUT2D eigenvalue weighted by molar-refractivity contribution is 0.628. The van der Waals surface area contributed by atoms with Crippen LogP contribution < -0.4 is 5.56 Å². The van der Waals surface area contributed by atoms with Gasteiger partial charge < -0.3 is 0 Å². The number of hydrogen-bond acceptors (Lipinski definition) is 4. The van der Waals surface area contributed by atoms with Crippen molar-refractivity contribution in [1.82, 2.24) is 19.8 Å². The van der Waals surface area contributed by atoms with Gasteiger partial charge in [-0.25, -0.2) is 4.39 Å². The van der Waals surface area contributed by atoms with E-state index >= 15 is 0 Å². The maximum absolute atomic E-state index is 13.3. The van der Waals surface area contributed by atoms with E-state index in [1.54, 1.807) is 18.3 Å². The van der Waals surface area contributed by atoms with Crippen LogP contribution in [0.25, 0.3) is 33.6 Å². The van der Waals surface area contributed by atoms with E-state index in [0.717, 1.165) is 22.3 Å². The molecule has 0 amide bonds. The highest BCUT2D eigenvalue weighted by molar-refractivity contribution is 6.30. The molecule has 32 heavy (non-hydrogen) atoms. The van der Waals surface area contributed by atoms with Gasteiger partial charge in [0.25, 0.3) is 0 Å². The van der Waals surface area contributed by atoms with Crippen molar-refractivity contribution in [3.63, 3.8) is 0 Å². The van der Waals surface area contributed by atoms with Crippen LogP contribution in [0, 0.1) is 5.82 Å². The van der Waals surface area contributed by atoms with Crippen LogP contribution in [-0.2, 0) is 0 Å². The molecule has 5 rings (SSSR count). The lowest BCUT2D eigenvalue weighted by atomic mass is 9.93. The Balaban J connectivity index is 1.77. The van der Waals surface area contributed by atoms with Crippen LogP contribution in [0.1, 0.15) is 12.0 Å². The van der Waals surface area contributed by atoms with Gasteiger partial charge in [-0.15, -0.1) is 21.8 Å². The average molecular weight is 465 g/mol. The zero-order valence-electron chi connectivity index (χ0n) is 16.5. The molecule has 2 aromatic heterocycles. The van der Waals surface area contributed by atoms with Gasteiger partial charge in [0.15, 0.2) is 11.3 Å². The Morgan fingerprint density at radius 2 is 1.72 bits per heavy atom. The number of aromatic nitrogens is 4. The van der Waals surface area contributed by atoms with Crippen LogP contribution >= 0.6 is 23.2 Å². The van der Waals surface area contributed by atoms with Crippen LogP contribution in [0.2, 0.25) is 5.02 Å². The third kappa shape index (κ3) is 3.72. The summed E-state index contributed by atoms with van der Waals surface area (Å²) in [6.45, 7) is 0. The molecule has 8 heteroatoms. The van der Waals surface area contributed by atoms with Crippen LogP contribution in [-0.4, -0.2) is 25.2 Å². The van der Waals surface area contributed by atoms with Crippen molar-refractivity contribution >= 4 is 34.4 Å². The number of fused-ring (bicyclic) bond motifs is 1. The van der Waals surface area contributed by atoms with E-state index in [0.29, 0.717) is 22.7 Å². The quantitative estimate of drug-likeness (QED) is 0.372. The second-order valence-electron chi connectivity index (χ2n) is 7.31. The first-order valence-electron chi connectivity index (χ1n) is 9.84. The summed E-state index contributed by atoms with van der Waals surface area (Å²) in [5.74, 6) is -0.399. The summed E-state index contributed by atoms with van der Waals surface area (Å²) >= 11 is 12.3. The van der Waals surface area contributed by atoms with E-state index in [4.69, 9.17) is 23.2 Å². The summed E-state index contributed by atoms with van der Waals surface area (Å²) in [5, 5.41) is 13.4. The minimum atomic E-state index is -0.443. The highest BCUT2D eigenvalue weighted by Gasteiger charge is 2.20. The maximum Gasteiger partial charge on any atom is 0.301 e. The lowest BCUT2D eigenvalue weighted by Gasteiger charge is -2.16. The third-order valence-electron chi connectivity index (χ3n) is 5.24. The molecular weight excluding hydrogens is 450 g/mol. The van der Waals surface area contributed by atoms with Crippen LogP contribution in [0.15, 0.2) is 77.8 Å². The molecular formula is C24H15Cl2FN4O. The normalized spacial score (nSPS) is 15.7. The number of allylic oxidation sites excluding steroid dienone is 4. The third-order valence-corrected chi connectivity index (χ3v) is 5.82. The first-order chi connectivity index (χ1) is 15.5. The number of hydrogen-bond donors (Lipinski definition) is 0. The summed E-state index contributed by atoms with van der Waals surface area (Å²) < 4.78 is 14.5. The zero-order valence-corrected chi connectivity index (χ0v) is 18.1. The summed E-state index contributed by atoms with van der Waals surface area (Å²) in [7, 11) is 0. The van der Waals surface area contributed by atoms with Gasteiger partial charge in [-0.05, 0) is 54.0 Å². The van der Waals surface area contributed by atoms with Gasteiger partial charge in [0.2, 0.25) is 0 Å². The topological polar surface area (TPSA) is 60.2 Å². The number of halogens is 3. The van der Waals surface area contributed by atoms with Gasteiger partial charge in [-0.3, -0.25) is 4.79 Å². The Hall–Kier alpha value is -3.35. The highest BCUT2D eigenvalue weighted by Crippen LogP contribution is 2.34. The molecule has 0 aliphatic heterocycles. The number of benzene rings is 2. The second kappa shape index (κ2) is 8.30. The predicted molar refractivity (Wildman–Crippen MR) is 124 cm³/mol. The molecule has 0 saturated heterocycles. The van der Waals surface area contributed by atoms with Crippen molar-refractivity contribution in [3.8, 4) is 22.4 Å². The fourth-order valence-electron chi connectivity index (χ4n) is 3.64. The van der Waals surface area contributed by atoms with Crippen molar-refractivity contribution in [3.05, 3.63) is 99.7 Å². The van der Waals surface area contributed by atoms with Crippen LogP contribution in [0.4, 0.5) is 4.39 Å². The molecule has 0 fully saturated rings. The number of nitrogens with zero attached hydrogens (tertiary/aromatic N) is 4. The SMILES string of the molecule is O=c1c(-c2ccc(F)cc2)nnc2c(C3=CCC(Cl)C=C3)c(-c3ccc(Cl)cc3)cnn12. The average Bonchev–Trinajstić information content (AvgIpc) is 2.81. The summed E-state index contributed by atoms with van der Waals surface area (Å²) in [5.41, 5.74) is 3.68. The van der Waals surface area contributed by atoms with Gasteiger partial charge in [0.05, 0.1) is 11.6 Å². The molecule has 2 heterocycles. The molecule has 4 aromatic rings. The number of alkyl halides is 1. The smallest absolute Gasteiger partial charge is 0.265 e. The molecule has 1 aliphatic rings. The van der Waals surface area contributed by atoms with Crippen LogP contribution in [0.3, 0.4) is 0 Å².